The lowest BCUT2D eigenvalue weighted by Gasteiger charge is -2.21. The topological polar surface area (TPSA) is 101 Å². The van der Waals surface area contributed by atoms with Crippen LogP contribution in [0.2, 0.25) is 0 Å². The summed E-state index contributed by atoms with van der Waals surface area (Å²) in [6, 6.07) is 9.81. The number of aromatic nitrogens is 2. The molecule has 4 rings (SSSR count). The van der Waals surface area contributed by atoms with Crippen molar-refractivity contribution >= 4 is 27.9 Å². The van der Waals surface area contributed by atoms with Crippen molar-refractivity contribution in [3.05, 3.63) is 76.0 Å². The predicted octanol–water partition coefficient (Wildman–Crippen LogP) is 4.28. The Morgan fingerprint density at radius 2 is 1.97 bits per heavy atom. The fourth-order valence-corrected chi connectivity index (χ4v) is 4.42. The lowest BCUT2D eigenvalue weighted by molar-refractivity contribution is 0.100. The van der Waals surface area contributed by atoms with Crippen LogP contribution in [0.3, 0.4) is 0 Å². The highest BCUT2D eigenvalue weighted by atomic mass is 32.2. The van der Waals surface area contributed by atoms with Gasteiger partial charge >= 0.3 is 0 Å². The SMILES string of the molecule is COc1c(/C=C/c2ccc(NS(C)(=O)=O)cn2)cc(-c2ccc[nH]c2=O)cc1C1(C(F)F)CC1. The van der Waals surface area contributed by atoms with E-state index in [-0.39, 0.29) is 5.56 Å². The number of alkyl halides is 2. The smallest absolute Gasteiger partial charge is 0.255 e. The molecule has 3 aromatic rings. The predicted molar refractivity (Wildman–Crippen MR) is 128 cm³/mol. The summed E-state index contributed by atoms with van der Waals surface area (Å²) in [5.74, 6) is 0.320. The van der Waals surface area contributed by atoms with E-state index < -0.39 is 21.9 Å². The number of benzene rings is 1. The Bertz CT molecular complexity index is 1400. The summed E-state index contributed by atoms with van der Waals surface area (Å²) >= 11 is 0. The first-order valence-corrected chi connectivity index (χ1v) is 12.3. The Morgan fingerprint density at radius 1 is 1.21 bits per heavy atom. The molecule has 178 valence electrons. The van der Waals surface area contributed by atoms with Crippen molar-refractivity contribution in [3.63, 3.8) is 0 Å². The third-order valence-electron chi connectivity index (χ3n) is 5.72. The standard InChI is InChI=1S/C24H23F2N3O4S/c1-33-21-15(5-6-17-7-8-18(14-28-17)29-34(2,31)32)12-16(19-4-3-11-27-22(19)30)13-20(21)24(9-10-24)23(25)26/h3-8,11-14,23,29H,9-10H2,1-2H3,(H,27,30)/b6-5+. The lowest BCUT2D eigenvalue weighted by Crippen LogP contribution is -2.19. The third kappa shape index (κ3) is 4.86. The number of hydrogen-bond acceptors (Lipinski definition) is 5. The quantitative estimate of drug-likeness (QED) is 0.494. The highest BCUT2D eigenvalue weighted by Gasteiger charge is 2.54. The number of nitrogens with one attached hydrogen (secondary N) is 2. The van der Waals surface area contributed by atoms with E-state index in [0.717, 1.165) is 6.26 Å². The number of sulfonamides is 1. The molecular formula is C24H23F2N3O4S. The number of methoxy groups -OCH3 is 1. The molecule has 0 bridgehead atoms. The van der Waals surface area contributed by atoms with Crippen LogP contribution in [-0.2, 0) is 15.4 Å². The number of hydrogen-bond donors (Lipinski definition) is 2. The van der Waals surface area contributed by atoms with Gasteiger partial charge < -0.3 is 9.72 Å². The van der Waals surface area contributed by atoms with Gasteiger partial charge in [0.2, 0.25) is 16.4 Å². The van der Waals surface area contributed by atoms with Gasteiger partial charge in [-0.15, -0.1) is 0 Å². The van der Waals surface area contributed by atoms with Gasteiger partial charge in [0.1, 0.15) is 5.75 Å². The Balaban J connectivity index is 1.79. The summed E-state index contributed by atoms with van der Waals surface area (Å²) in [5, 5.41) is 0. The van der Waals surface area contributed by atoms with E-state index in [9.17, 15) is 22.0 Å². The average Bonchev–Trinajstić information content (AvgIpc) is 3.59. The van der Waals surface area contributed by atoms with Crippen LogP contribution in [0, 0.1) is 0 Å². The average molecular weight is 488 g/mol. The maximum absolute atomic E-state index is 14.0. The van der Waals surface area contributed by atoms with E-state index in [4.69, 9.17) is 4.74 Å². The molecule has 0 amide bonds. The van der Waals surface area contributed by atoms with Crippen LogP contribution in [0.5, 0.6) is 5.75 Å². The van der Waals surface area contributed by atoms with Crippen LogP contribution in [0.25, 0.3) is 23.3 Å². The van der Waals surface area contributed by atoms with Crippen molar-refractivity contribution in [2.75, 3.05) is 18.1 Å². The summed E-state index contributed by atoms with van der Waals surface area (Å²) in [6.07, 6.45) is 5.35. The third-order valence-corrected chi connectivity index (χ3v) is 6.32. The molecular weight excluding hydrogens is 464 g/mol. The molecule has 0 radical (unpaired) electrons. The molecule has 0 saturated heterocycles. The van der Waals surface area contributed by atoms with Crippen LogP contribution < -0.4 is 15.0 Å². The molecule has 34 heavy (non-hydrogen) atoms. The van der Waals surface area contributed by atoms with Gasteiger partial charge in [-0.1, -0.05) is 0 Å². The molecule has 1 fully saturated rings. The summed E-state index contributed by atoms with van der Waals surface area (Å²) in [4.78, 5) is 19.2. The zero-order valence-corrected chi connectivity index (χ0v) is 19.3. The van der Waals surface area contributed by atoms with Gasteiger partial charge in [0, 0.05) is 22.9 Å². The first-order chi connectivity index (χ1) is 16.1. The minimum absolute atomic E-state index is 0.317. The number of aromatic amines is 1. The van der Waals surface area contributed by atoms with Crippen molar-refractivity contribution < 1.29 is 21.9 Å². The minimum Gasteiger partial charge on any atom is -0.496 e. The molecule has 1 aliphatic carbocycles. The Hall–Kier alpha value is -3.53. The molecule has 7 nitrogen and oxygen atoms in total. The van der Waals surface area contributed by atoms with Gasteiger partial charge in [-0.2, -0.15) is 0 Å². The summed E-state index contributed by atoms with van der Waals surface area (Å²) < 4.78 is 58.7. The largest absolute Gasteiger partial charge is 0.496 e. The van der Waals surface area contributed by atoms with Gasteiger partial charge in [0.25, 0.3) is 5.56 Å². The summed E-state index contributed by atoms with van der Waals surface area (Å²) in [7, 11) is -2.00. The number of nitrogens with zero attached hydrogens (tertiary/aromatic N) is 1. The van der Waals surface area contributed by atoms with E-state index >= 15 is 0 Å². The zero-order chi connectivity index (χ0) is 24.5. The van der Waals surface area contributed by atoms with E-state index in [1.165, 1.54) is 19.5 Å². The van der Waals surface area contributed by atoms with Gasteiger partial charge in [-0.3, -0.25) is 14.5 Å². The van der Waals surface area contributed by atoms with Crippen molar-refractivity contribution in [2.45, 2.75) is 24.7 Å². The molecule has 0 aliphatic heterocycles. The van der Waals surface area contributed by atoms with Gasteiger partial charge in [-0.05, 0) is 67.0 Å². The fraction of sp³-hybridized carbons (Fsp3) is 0.250. The molecule has 1 saturated carbocycles. The fourth-order valence-electron chi connectivity index (χ4n) is 3.87. The second kappa shape index (κ2) is 9.02. The van der Waals surface area contributed by atoms with E-state index in [2.05, 4.69) is 14.7 Å². The van der Waals surface area contributed by atoms with Crippen LogP contribution in [0.4, 0.5) is 14.5 Å². The summed E-state index contributed by atoms with van der Waals surface area (Å²) in [5.41, 5.74) is 0.953. The minimum atomic E-state index is -3.42. The zero-order valence-electron chi connectivity index (χ0n) is 18.5. The van der Waals surface area contributed by atoms with Crippen molar-refractivity contribution in [1.82, 2.24) is 9.97 Å². The highest BCUT2D eigenvalue weighted by molar-refractivity contribution is 7.92. The molecule has 2 N–H and O–H groups in total. The first kappa shape index (κ1) is 23.6. The molecule has 2 aromatic heterocycles. The molecule has 10 heteroatoms. The lowest BCUT2D eigenvalue weighted by atomic mass is 9.89. The van der Waals surface area contributed by atoms with Crippen LogP contribution in [0.15, 0.2) is 53.6 Å². The second-order valence-corrected chi connectivity index (χ2v) is 9.94. The molecule has 1 aliphatic rings. The van der Waals surface area contributed by atoms with Gasteiger partial charge in [0.05, 0.1) is 36.4 Å². The van der Waals surface area contributed by atoms with E-state index in [1.54, 1.807) is 48.6 Å². The van der Waals surface area contributed by atoms with Crippen LogP contribution in [0.1, 0.15) is 29.7 Å². The van der Waals surface area contributed by atoms with Gasteiger partial charge in [0.15, 0.2) is 0 Å². The summed E-state index contributed by atoms with van der Waals surface area (Å²) in [6.45, 7) is 0. The Labute approximate surface area is 195 Å². The van der Waals surface area contributed by atoms with Crippen molar-refractivity contribution in [1.29, 1.82) is 0 Å². The molecule has 0 spiro atoms. The number of rotatable bonds is 8. The molecule has 1 aromatic carbocycles. The molecule has 0 atom stereocenters. The van der Waals surface area contributed by atoms with Crippen molar-refractivity contribution in [2.24, 2.45) is 0 Å². The number of anilines is 1. The second-order valence-electron chi connectivity index (χ2n) is 8.20. The normalized spacial score (nSPS) is 15.0. The van der Waals surface area contributed by atoms with Crippen LogP contribution >= 0.6 is 0 Å². The number of H-pyrrole nitrogens is 1. The van der Waals surface area contributed by atoms with Crippen molar-refractivity contribution in [3.8, 4) is 16.9 Å². The van der Waals surface area contributed by atoms with E-state index in [1.807, 2.05) is 0 Å². The number of halogens is 2. The maximum atomic E-state index is 14.0. The number of ether oxygens (including phenoxy) is 1. The van der Waals surface area contributed by atoms with Gasteiger partial charge in [-0.25, -0.2) is 17.2 Å². The first-order valence-electron chi connectivity index (χ1n) is 10.4. The van der Waals surface area contributed by atoms with Crippen LogP contribution in [-0.4, -0.2) is 38.2 Å². The number of pyridine rings is 2. The van der Waals surface area contributed by atoms with E-state index in [0.29, 0.717) is 52.2 Å². The maximum Gasteiger partial charge on any atom is 0.255 e. The highest BCUT2D eigenvalue weighted by Crippen LogP contribution is 2.56. The monoisotopic (exact) mass is 487 g/mol. The molecule has 0 unspecified atom stereocenters. The Kier molecular flexibility index (Phi) is 6.26. The molecule has 2 heterocycles. The Morgan fingerprint density at radius 3 is 2.53 bits per heavy atom.